The molecule has 0 spiro atoms. The highest BCUT2D eigenvalue weighted by atomic mass is 16.3. The number of primary amides is 1. The fraction of sp³-hybridized carbons (Fsp3) is 0.333. The number of hydrogen-bond donors (Lipinski definition) is 1. The van der Waals surface area contributed by atoms with Crippen molar-refractivity contribution in [3.05, 3.63) is 34.0 Å². The lowest BCUT2D eigenvalue weighted by Crippen LogP contribution is -2.27. The Kier molecular flexibility index (Phi) is 2.75. The molecule has 3 aromatic rings. The largest absolute Gasteiger partial charge is 0.430 e. The Labute approximate surface area is 124 Å². The third kappa shape index (κ3) is 1.89. The zero-order valence-electron chi connectivity index (χ0n) is 11.8. The average molecular weight is 298 g/mol. The molecule has 112 valence electrons. The first kappa shape index (κ1) is 13.0. The minimum absolute atomic E-state index is 0.119. The number of nitrogens with two attached hydrogens (primary N) is 1. The van der Waals surface area contributed by atoms with Crippen LogP contribution in [0.25, 0.3) is 22.2 Å². The lowest BCUT2D eigenvalue weighted by molar-refractivity contribution is -0.118. The van der Waals surface area contributed by atoms with Crippen LogP contribution in [0.2, 0.25) is 0 Å². The predicted octanol–water partition coefficient (Wildman–Crippen LogP) is 0.902. The van der Waals surface area contributed by atoms with Crippen LogP contribution in [0.3, 0.4) is 0 Å². The third-order valence-corrected chi connectivity index (χ3v) is 4.04. The van der Waals surface area contributed by atoms with Gasteiger partial charge in [-0.25, -0.2) is 9.97 Å². The monoisotopic (exact) mass is 298 g/mol. The van der Waals surface area contributed by atoms with Crippen molar-refractivity contribution in [2.75, 3.05) is 0 Å². The van der Waals surface area contributed by atoms with Crippen molar-refractivity contribution in [2.45, 2.75) is 32.2 Å². The Balaban J connectivity index is 1.99. The van der Waals surface area contributed by atoms with Crippen LogP contribution in [0, 0.1) is 0 Å². The van der Waals surface area contributed by atoms with E-state index >= 15 is 0 Å². The van der Waals surface area contributed by atoms with Gasteiger partial charge in [0.15, 0.2) is 0 Å². The van der Waals surface area contributed by atoms with E-state index in [0.29, 0.717) is 11.2 Å². The Morgan fingerprint density at radius 3 is 3.00 bits per heavy atom. The number of furan rings is 1. The summed E-state index contributed by atoms with van der Waals surface area (Å²) >= 11 is 0. The van der Waals surface area contributed by atoms with E-state index in [0.717, 1.165) is 41.3 Å². The highest BCUT2D eigenvalue weighted by molar-refractivity contribution is 6.00. The lowest BCUT2D eigenvalue weighted by Gasteiger charge is -2.13. The van der Waals surface area contributed by atoms with Crippen molar-refractivity contribution in [1.82, 2.24) is 14.5 Å². The normalized spacial score (nSPS) is 14.4. The molecule has 0 atom stereocenters. The number of amides is 1. The molecule has 2 N–H and O–H groups in total. The quantitative estimate of drug-likeness (QED) is 0.757. The molecule has 3 heterocycles. The summed E-state index contributed by atoms with van der Waals surface area (Å²) in [6.45, 7) is -0.219. The molecular formula is C15H14N4O3. The molecule has 7 heteroatoms. The second-order valence-electron chi connectivity index (χ2n) is 5.58. The van der Waals surface area contributed by atoms with Crippen LogP contribution in [0.4, 0.5) is 0 Å². The number of nitrogens with zero attached hydrogens (tertiary/aromatic N) is 3. The number of rotatable bonds is 2. The van der Waals surface area contributed by atoms with Crippen molar-refractivity contribution >= 4 is 28.1 Å². The second kappa shape index (κ2) is 4.66. The summed E-state index contributed by atoms with van der Waals surface area (Å²) in [4.78, 5) is 32.1. The predicted molar refractivity (Wildman–Crippen MR) is 79.4 cm³/mol. The average Bonchev–Trinajstić information content (AvgIpc) is 2.86. The van der Waals surface area contributed by atoms with E-state index in [1.165, 1.54) is 11.9 Å². The van der Waals surface area contributed by atoms with Gasteiger partial charge in [0.2, 0.25) is 17.2 Å². The zero-order valence-corrected chi connectivity index (χ0v) is 11.8. The van der Waals surface area contributed by atoms with Gasteiger partial charge in [0.05, 0.1) is 11.7 Å². The summed E-state index contributed by atoms with van der Waals surface area (Å²) in [5, 5.41) is 0.749. The molecule has 3 aromatic heterocycles. The molecular weight excluding hydrogens is 284 g/mol. The van der Waals surface area contributed by atoms with E-state index in [2.05, 4.69) is 9.97 Å². The molecule has 7 nitrogen and oxygen atoms in total. The number of carbonyl (C=O) groups is 1. The summed E-state index contributed by atoms with van der Waals surface area (Å²) in [5.41, 5.74) is 7.98. The van der Waals surface area contributed by atoms with Gasteiger partial charge < -0.3 is 10.2 Å². The molecule has 1 aliphatic rings. The van der Waals surface area contributed by atoms with Gasteiger partial charge >= 0.3 is 0 Å². The van der Waals surface area contributed by atoms with E-state index in [1.54, 1.807) is 0 Å². The summed E-state index contributed by atoms with van der Waals surface area (Å²) in [6, 6.07) is 2.02. The van der Waals surface area contributed by atoms with Crippen molar-refractivity contribution in [1.29, 1.82) is 0 Å². The van der Waals surface area contributed by atoms with Gasteiger partial charge in [0.1, 0.15) is 12.1 Å². The van der Waals surface area contributed by atoms with Crippen molar-refractivity contribution < 1.29 is 9.21 Å². The van der Waals surface area contributed by atoms with Gasteiger partial charge in [-0.2, -0.15) is 0 Å². The van der Waals surface area contributed by atoms with Gasteiger partial charge in [0.25, 0.3) is 5.56 Å². The van der Waals surface area contributed by atoms with Crippen molar-refractivity contribution in [3.8, 4) is 0 Å². The summed E-state index contributed by atoms with van der Waals surface area (Å²) in [6.07, 6.45) is 5.51. The van der Waals surface area contributed by atoms with Gasteiger partial charge in [-0.15, -0.1) is 0 Å². The smallest absolute Gasteiger partial charge is 0.297 e. The van der Waals surface area contributed by atoms with Gasteiger partial charge in [-0.05, 0) is 37.3 Å². The molecule has 0 radical (unpaired) electrons. The molecule has 1 amide bonds. The Bertz CT molecular complexity index is 970. The first-order chi connectivity index (χ1) is 10.6. The molecule has 0 fully saturated rings. The molecule has 0 saturated heterocycles. The minimum atomic E-state index is -0.604. The molecule has 0 aliphatic heterocycles. The van der Waals surface area contributed by atoms with Crippen LogP contribution in [0.5, 0.6) is 0 Å². The van der Waals surface area contributed by atoms with E-state index in [4.69, 9.17) is 10.2 Å². The fourth-order valence-electron chi connectivity index (χ4n) is 2.99. The second-order valence-corrected chi connectivity index (χ2v) is 5.58. The Morgan fingerprint density at radius 2 is 2.18 bits per heavy atom. The Hall–Kier alpha value is -2.70. The molecule has 4 rings (SSSR count). The maximum Gasteiger partial charge on any atom is 0.297 e. The van der Waals surface area contributed by atoms with Gasteiger partial charge in [-0.3, -0.25) is 14.2 Å². The van der Waals surface area contributed by atoms with Crippen molar-refractivity contribution in [3.63, 3.8) is 0 Å². The highest BCUT2D eigenvalue weighted by Gasteiger charge is 2.19. The van der Waals surface area contributed by atoms with Crippen LogP contribution in [-0.2, 0) is 24.2 Å². The van der Waals surface area contributed by atoms with Crippen LogP contribution >= 0.6 is 0 Å². The minimum Gasteiger partial charge on any atom is -0.430 e. The number of fused-ring (bicyclic) bond motifs is 4. The van der Waals surface area contributed by atoms with Crippen molar-refractivity contribution in [2.24, 2.45) is 5.73 Å². The van der Waals surface area contributed by atoms with E-state index in [1.807, 2.05) is 6.07 Å². The number of hydrogen-bond acceptors (Lipinski definition) is 5. The SMILES string of the molecule is NC(=O)Cn1cnc2c(oc3nc4c(cc32)CCCC4)c1=O. The zero-order chi connectivity index (χ0) is 15.3. The summed E-state index contributed by atoms with van der Waals surface area (Å²) < 4.78 is 6.76. The molecule has 22 heavy (non-hydrogen) atoms. The van der Waals surface area contributed by atoms with E-state index in [9.17, 15) is 9.59 Å². The van der Waals surface area contributed by atoms with E-state index in [-0.39, 0.29) is 12.1 Å². The summed E-state index contributed by atoms with van der Waals surface area (Å²) in [5.74, 6) is -0.604. The summed E-state index contributed by atoms with van der Waals surface area (Å²) in [7, 11) is 0. The Morgan fingerprint density at radius 1 is 1.36 bits per heavy atom. The topological polar surface area (TPSA) is 104 Å². The van der Waals surface area contributed by atoms with Crippen LogP contribution in [0.15, 0.2) is 21.6 Å². The molecule has 0 bridgehead atoms. The van der Waals surface area contributed by atoms with Gasteiger partial charge in [0, 0.05) is 5.69 Å². The first-order valence-corrected chi connectivity index (χ1v) is 7.22. The maximum atomic E-state index is 12.3. The van der Waals surface area contributed by atoms with Gasteiger partial charge in [-0.1, -0.05) is 0 Å². The van der Waals surface area contributed by atoms with E-state index < -0.39 is 11.5 Å². The lowest BCUT2D eigenvalue weighted by atomic mass is 9.95. The number of pyridine rings is 1. The number of aryl methyl sites for hydroxylation is 2. The number of carbonyl (C=O) groups excluding carboxylic acids is 1. The standard InChI is InChI=1S/C15H14N4O3/c16-11(20)6-19-7-17-12-9-5-8-3-1-2-4-10(8)18-14(9)22-13(12)15(19)21/h5,7H,1-4,6H2,(H2,16,20). The molecule has 1 aliphatic carbocycles. The van der Waals surface area contributed by atoms with Crippen LogP contribution in [0.1, 0.15) is 24.1 Å². The maximum absolute atomic E-state index is 12.3. The van der Waals surface area contributed by atoms with Crippen LogP contribution in [-0.4, -0.2) is 20.4 Å². The fourth-order valence-corrected chi connectivity index (χ4v) is 2.99. The molecule has 0 unspecified atom stereocenters. The third-order valence-electron chi connectivity index (χ3n) is 4.04. The molecule has 0 aromatic carbocycles. The number of aromatic nitrogens is 3. The molecule has 0 saturated carbocycles. The first-order valence-electron chi connectivity index (χ1n) is 7.22. The van der Waals surface area contributed by atoms with Crippen LogP contribution < -0.4 is 11.3 Å². The highest BCUT2D eigenvalue weighted by Crippen LogP contribution is 2.28.